The first-order valence-electron chi connectivity index (χ1n) is 5.59. The van der Waals surface area contributed by atoms with Gasteiger partial charge in [-0.3, -0.25) is 9.78 Å². The second-order valence-electron chi connectivity index (χ2n) is 3.88. The van der Waals surface area contributed by atoms with E-state index in [1.54, 1.807) is 6.20 Å². The van der Waals surface area contributed by atoms with Crippen LogP contribution in [-0.4, -0.2) is 17.4 Å². The first kappa shape index (κ1) is 11.5. The van der Waals surface area contributed by atoms with Crippen molar-refractivity contribution in [1.29, 1.82) is 0 Å². The molecule has 1 heterocycles. The van der Waals surface area contributed by atoms with Crippen molar-refractivity contribution in [3.63, 3.8) is 0 Å². The largest absolute Gasteiger partial charge is 0.370 e. The maximum Gasteiger partial charge on any atom is 0.218 e. The summed E-state index contributed by atoms with van der Waals surface area (Å²) in [6.45, 7) is 1.32. The van der Waals surface area contributed by atoms with E-state index in [0.717, 1.165) is 17.4 Å². The number of carbonyl (C=O) groups is 1. The highest BCUT2D eigenvalue weighted by Gasteiger charge is 2.00. The molecule has 0 unspecified atom stereocenters. The van der Waals surface area contributed by atoms with E-state index in [9.17, 15) is 4.79 Å². The average Bonchev–Trinajstić information content (AvgIpc) is 2.34. The van der Waals surface area contributed by atoms with E-state index in [4.69, 9.17) is 5.73 Å². The van der Waals surface area contributed by atoms with Crippen LogP contribution >= 0.6 is 0 Å². The Kier molecular flexibility index (Phi) is 3.67. The number of benzene rings is 1. The molecule has 0 aliphatic carbocycles. The van der Waals surface area contributed by atoms with Crippen LogP contribution in [0.1, 0.15) is 12.0 Å². The molecular weight excluding hydrogens is 214 g/mol. The van der Waals surface area contributed by atoms with Crippen molar-refractivity contribution in [2.24, 2.45) is 5.73 Å². The van der Waals surface area contributed by atoms with E-state index in [1.807, 2.05) is 30.3 Å². The lowest BCUT2D eigenvalue weighted by Crippen LogP contribution is -2.21. The average molecular weight is 229 g/mol. The Labute approximate surface area is 99.8 Å². The monoisotopic (exact) mass is 229 g/mol. The van der Waals surface area contributed by atoms with Crippen molar-refractivity contribution < 1.29 is 4.79 Å². The van der Waals surface area contributed by atoms with Gasteiger partial charge in [0.25, 0.3) is 0 Å². The summed E-state index contributed by atoms with van der Waals surface area (Å²) in [4.78, 5) is 14.9. The number of nitrogens with one attached hydrogen (secondary N) is 1. The molecule has 0 saturated heterocycles. The van der Waals surface area contributed by atoms with Gasteiger partial charge in [-0.2, -0.15) is 0 Å². The maximum atomic E-state index is 10.6. The van der Waals surface area contributed by atoms with Gasteiger partial charge in [0, 0.05) is 31.1 Å². The summed E-state index contributed by atoms with van der Waals surface area (Å²) in [5.74, 6) is -0.280. The zero-order valence-electron chi connectivity index (χ0n) is 9.52. The fraction of sp³-hybridized carbons (Fsp3) is 0.231. The number of amides is 1. The number of aromatic nitrogens is 1. The van der Waals surface area contributed by atoms with Gasteiger partial charge in [0.1, 0.15) is 0 Å². The minimum atomic E-state index is -0.280. The molecule has 0 fully saturated rings. The third-order valence-electron chi connectivity index (χ3n) is 2.60. The Morgan fingerprint density at radius 1 is 1.29 bits per heavy atom. The molecule has 0 aliphatic heterocycles. The molecular formula is C13H15N3O. The van der Waals surface area contributed by atoms with Gasteiger partial charge >= 0.3 is 0 Å². The number of rotatable bonds is 5. The molecule has 2 rings (SSSR count). The lowest BCUT2D eigenvalue weighted by Gasteiger charge is -2.06. The summed E-state index contributed by atoms with van der Waals surface area (Å²) < 4.78 is 0. The van der Waals surface area contributed by atoms with Gasteiger partial charge in [-0.05, 0) is 17.7 Å². The van der Waals surface area contributed by atoms with Gasteiger partial charge in [0.2, 0.25) is 5.91 Å². The van der Waals surface area contributed by atoms with Crippen LogP contribution in [0, 0.1) is 0 Å². The maximum absolute atomic E-state index is 10.6. The van der Waals surface area contributed by atoms with Gasteiger partial charge in [-0.25, -0.2) is 0 Å². The predicted octanol–water partition coefficient (Wildman–Crippen LogP) is 1.20. The number of carbonyl (C=O) groups excluding carboxylic acids is 1. The van der Waals surface area contributed by atoms with Gasteiger partial charge in [0.05, 0.1) is 5.52 Å². The molecule has 1 aromatic carbocycles. The van der Waals surface area contributed by atoms with Crippen molar-refractivity contribution in [3.8, 4) is 0 Å². The third-order valence-corrected chi connectivity index (χ3v) is 2.60. The summed E-state index contributed by atoms with van der Waals surface area (Å²) in [7, 11) is 0. The van der Waals surface area contributed by atoms with E-state index in [0.29, 0.717) is 13.0 Å². The lowest BCUT2D eigenvalue weighted by molar-refractivity contribution is -0.117. The molecule has 0 radical (unpaired) electrons. The van der Waals surface area contributed by atoms with Crippen LogP contribution in [0.25, 0.3) is 10.9 Å². The fourth-order valence-corrected chi connectivity index (χ4v) is 1.74. The van der Waals surface area contributed by atoms with Crippen molar-refractivity contribution in [1.82, 2.24) is 10.3 Å². The molecule has 0 atom stereocenters. The van der Waals surface area contributed by atoms with Gasteiger partial charge in [-0.1, -0.05) is 18.2 Å². The smallest absolute Gasteiger partial charge is 0.218 e. The number of hydrogen-bond acceptors (Lipinski definition) is 3. The second-order valence-corrected chi connectivity index (χ2v) is 3.88. The van der Waals surface area contributed by atoms with Crippen molar-refractivity contribution in [2.75, 3.05) is 6.54 Å². The number of hydrogen-bond donors (Lipinski definition) is 2. The third kappa shape index (κ3) is 3.01. The molecule has 0 saturated carbocycles. The topological polar surface area (TPSA) is 68.0 Å². The SMILES string of the molecule is NC(=O)CCNCc1ccnc2ccccc12. The van der Waals surface area contributed by atoms with Gasteiger partial charge in [-0.15, -0.1) is 0 Å². The molecule has 0 bridgehead atoms. The fourth-order valence-electron chi connectivity index (χ4n) is 1.74. The number of pyridine rings is 1. The number of fused-ring (bicyclic) bond motifs is 1. The van der Waals surface area contributed by atoms with E-state index in [-0.39, 0.29) is 5.91 Å². The summed E-state index contributed by atoms with van der Waals surface area (Å²) in [6.07, 6.45) is 2.16. The summed E-state index contributed by atoms with van der Waals surface area (Å²) in [6, 6.07) is 9.99. The first-order chi connectivity index (χ1) is 8.27. The second kappa shape index (κ2) is 5.41. The van der Waals surface area contributed by atoms with Crippen LogP contribution in [0.4, 0.5) is 0 Å². The van der Waals surface area contributed by atoms with Gasteiger partial charge < -0.3 is 11.1 Å². The Morgan fingerprint density at radius 2 is 2.12 bits per heavy atom. The zero-order chi connectivity index (χ0) is 12.1. The Hall–Kier alpha value is -1.94. The minimum Gasteiger partial charge on any atom is -0.370 e. The highest BCUT2D eigenvalue weighted by molar-refractivity contribution is 5.81. The molecule has 0 aliphatic rings. The summed E-state index contributed by atoms with van der Waals surface area (Å²) >= 11 is 0. The molecule has 17 heavy (non-hydrogen) atoms. The highest BCUT2D eigenvalue weighted by Crippen LogP contribution is 2.15. The van der Waals surface area contributed by atoms with Crippen molar-refractivity contribution in [2.45, 2.75) is 13.0 Å². The molecule has 4 nitrogen and oxygen atoms in total. The summed E-state index contributed by atoms with van der Waals surface area (Å²) in [5, 5.41) is 4.34. The van der Waals surface area contributed by atoms with E-state index >= 15 is 0 Å². The minimum absolute atomic E-state index is 0.280. The molecule has 0 spiro atoms. The standard InChI is InChI=1S/C13H15N3O/c14-13(17)6-7-15-9-10-5-8-16-12-4-2-1-3-11(10)12/h1-5,8,15H,6-7,9H2,(H2,14,17). The number of para-hydroxylation sites is 1. The quantitative estimate of drug-likeness (QED) is 0.757. The van der Waals surface area contributed by atoms with Crippen molar-refractivity contribution >= 4 is 16.8 Å². The van der Waals surface area contributed by atoms with Crippen LogP contribution in [0.5, 0.6) is 0 Å². The van der Waals surface area contributed by atoms with Crippen LogP contribution in [0.2, 0.25) is 0 Å². The van der Waals surface area contributed by atoms with Crippen LogP contribution in [-0.2, 0) is 11.3 Å². The molecule has 2 aromatic rings. The molecule has 1 amide bonds. The number of nitrogens with zero attached hydrogens (tertiary/aromatic N) is 1. The van der Waals surface area contributed by atoms with Gasteiger partial charge in [0.15, 0.2) is 0 Å². The van der Waals surface area contributed by atoms with E-state index in [1.165, 1.54) is 5.56 Å². The Balaban J connectivity index is 2.05. The molecule has 3 N–H and O–H groups in total. The molecule has 4 heteroatoms. The Morgan fingerprint density at radius 3 is 2.94 bits per heavy atom. The zero-order valence-corrected chi connectivity index (χ0v) is 9.52. The van der Waals surface area contributed by atoms with Crippen molar-refractivity contribution in [3.05, 3.63) is 42.1 Å². The van der Waals surface area contributed by atoms with E-state index < -0.39 is 0 Å². The van der Waals surface area contributed by atoms with Crippen LogP contribution < -0.4 is 11.1 Å². The molecule has 88 valence electrons. The molecule has 1 aromatic heterocycles. The van der Waals surface area contributed by atoms with Crippen LogP contribution in [0.15, 0.2) is 36.5 Å². The lowest BCUT2D eigenvalue weighted by atomic mass is 10.1. The highest BCUT2D eigenvalue weighted by atomic mass is 16.1. The normalized spacial score (nSPS) is 10.6. The summed E-state index contributed by atoms with van der Waals surface area (Å²) in [5.41, 5.74) is 7.24. The number of nitrogens with two attached hydrogens (primary N) is 1. The Bertz CT molecular complexity index is 520. The first-order valence-corrected chi connectivity index (χ1v) is 5.59. The van der Waals surface area contributed by atoms with Crippen LogP contribution in [0.3, 0.4) is 0 Å². The van der Waals surface area contributed by atoms with E-state index in [2.05, 4.69) is 10.3 Å². The number of primary amides is 1. The predicted molar refractivity (Wildman–Crippen MR) is 67.3 cm³/mol.